The molecule has 0 radical (unpaired) electrons. The first-order valence-corrected chi connectivity index (χ1v) is 8.84. The summed E-state index contributed by atoms with van der Waals surface area (Å²) in [5.41, 5.74) is 5.39. The molecular formula is C22H32O2. The molecule has 1 aliphatic rings. The minimum Gasteiger partial charge on any atom is -0.463 e. The van der Waals surface area contributed by atoms with Gasteiger partial charge in [0.1, 0.15) is 0 Å². The molecule has 2 heteroatoms. The number of esters is 1. The molecule has 0 saturated heterocycles. The van der Waals surface area contributed by atoms with E-state index in [2.05, 4.69) is 45.9 Å². The first-order valence-electron chi connectivity index (χ1n) is 8.84. The molecule has 0 heterocycles. The van der Waals surface area contributed by atoms with Gasteiger partial charge in [0, 0.05) is 6.08 Å². The van der Waals surface area contributed by atoms with Crippen molar-refractivity contribution in [1.29, 1.82) is 0 Å². The second-order valence-corrected chi connectivity index (χ2v) is 7.13. The van der Waals surface area contributed by atoms with Crippen molar-refractivity contribution in [3.05, 3.63) is 58.7 Å². The van der Waals surface area contributed by atoms with Crippen LogP contribution in [0.4, 0.5) is 0 Å². The van der Waals surface area contributed by atoms with E-state index in [0.29, 0.717) is 12.0 Å². The molecule has 0 amide bonds. The van der Waals surface area contributed by atoms with Gasteiger partial charge in [-0.3, -0.25) is 0 Å². The van der Waals surface area contributed by atoms with E-state index >= 15 is 0 Å². The van der Waals surface area contributed by atoms with Crippen LogP contribution in [0.3, 0.4) is 0 Å². The third kappa shape index (κ3) is 6.74. The Morgan fingerprint density at radius 1 is 1.21 bits per heavy atom. The van der Waals surface area contributed by atoms with Crippen molar-refractivity contribution in [3.8, 4) is 0 Å². The van der Waals surface area contributed by atoms with Gasteiger partial charge >= 0.3 is 5.97 Å². The molecule has 2 nitrogen and oxygen atoms in total. The van der Waals surface area contributed by atoms with E-state index in [0.717, 1.165) is 5.57 Å². The fourth-order valence-electron chi connectivity index (χ4n) is 2.80. The van der Waals surface area contributed by atoms with E-state index in [9.17, 15) is 4.79 Å². The van der Waals surface area contributed by atoms with Gasteiger partial charge in [-0.1, -0.05) is 55.4 Å². The van der Waals surface area contributed by atoms with E-state index in [1.807, 2.05) is 19.1 Å². The van der Waals surface area contributed by atoms with Gasteiger partial charge in [0.05, 0.1) is 6.61 Å². The Bertz CT molecular complexity index is 595. The molecule has 0 unspecified atom stereocenters. The Morgan fingerprint density at radius 2 is 1.92 bits per heavy atom. The molecule has 0 aliphatic heterocycles. The minimum atomic E-state index is -0.289. The summed E-state index contributed by atoms with van der Waals surface area (Å²) in [6.45, 7) is 13.1. The Labute approximate surface area is 147 Å². The molecule has 0 atom stereocenters. The third-order valence-corrected chi connectivity index (χ3v) is 4.64. The van der Waals surface area contributed by atoms with E-state index in [1.54, 1.807) is 6.92 Å². The van der Waals surface area contributed by atoms with Crippen LogP contribution in [0.1, 0.15) is 60.8 Å². The summed E-state index contributed by atoms with van der Waals surface area (Å²) in [7, 11) is 0. The maximum absolute atomic E-state index is 11.3. The second kappa shape index (κ2) is 9.46. The normalized spacial score (nSPS) is 19.4. The molecular weight excluding hydrogens is 296 g/mol. The first kappa shape index (κ1) is 20.2. The van der Waals surface area contributed by atoms with E-state index < -0.39 is 0 Å². The zero-order chi connectivity index (χ0) is 18.2. The third-order valence-electron chi connectivity index (χ3n) is 4.64. The molecule has 0 aromatic rings. The van der Waals surface area contributed by atoms with Crippen LogP contribution in [-0.4, -0.2) is 12.6 Å². The fourth-order valence-corrected chi connectivity index (χ4v) is 2.80. The molecule has 1 rings (SSSR count). The lowest BCUT2D eigenvalue weighted by atomic mass is 9.73. The standard InChI is InChI=1S/C22H32O2/c1-7-24-21(23)16-18(3)11-8-10-17(2)13-14-20-12-9-15-22(5,6)19(20)4/h8,10-11,13-14,16H,7,9,12,15H2,1-6H3/b11-8+,14-13+,17-10+,18-16-. The minimum absolute atomic E-state index is 0.289. The number of ether oxygens (including phenoxy) is 1. The summed E-state index contributed by atoms with van der Waals surface area (Å²) in [6, 6.07) is 0. The summed E-state index contributed by atoms with van der Waals surface area (Å²) in [5.74, 6) is -0.289. The highest BCUT2D eigenvalue weighted by atomic mass is 16.5. The molecule has 0 bridgehead atoms. The van der Waals surface area contributed by atoms with Crippen LogP contribution in [0.15, 0.2) is 58.7 Å². The topological polar surface area (TPSA) is 26.3 Å². The number of rotatable bonds is 6. The number of hydrogen-bond donors (Lipinski definition) is 0. The van der Waals surface area contributed by atoms with Crippen molar-refractivity contribution in [3.63, 3.8) is 0 Å². The van der Waals surface area contributed by atoms with Crippen LogP contribution < -0.4 is 0 Å². The van der Waals surface area contributed by atoms with Gasteiger partial charge in [0.2, 0.25) is 0 Å². The van der Waals surface area contributed by atoms with Gasteiger partial charge in [-0.2, -0.15) is 0 Å². The molecule has 0 spiro atoms. The predicted molar refractivity (Wildman–Crippen MR) is 103 cm³/mol. The average Bonchev–Trinajstić information content (AvgIpc) is 2.49. The molecule has 1 aliphatic carbocycles. The maximum Gasteiger partial charge on any atom is 0.330 e. The monoisotopic (exact) mass is 328 g/mol. The van der Waals surface area contributed by atoms with Crippen LogP contribution in [-0.2, 0) is 9.53 Å². The van der Waals surface area contributed by atoms with Crippen LogP contribution >= 0.6 is 0 Å². The highest BCUT2D eigenvalue weighted by Crippen LogP contribution is 2.40. The molecule has 0 aromatic carbocycles. The van der Waals surface area contributed by atoms with Crippen molar-refractivity contribution < 1.29 is 9.53 Å². The lowest BCUT2D eigenvalue weighted by Crippen LogP contribution is -2.18. The van der Waals surface area contributed by atoms with E-state index in [4.69, 9.17) is 4.74 Å². The van der Waals surface area contributed by atoms with Crippen LogP contribution in [0.2, 0.25) is 0 Å². The van der Waals surface area contributed by atoms with Crippen LogP contribution in [0.5, 0.6) is 0 Å². The lowest BCUT2D eigenvalue weighted by Gasteiger charge is -2.32. The predicted octanol–water partition coefficient (Wildman–Crippen LogP) is 6.08. The van der Waals surface area contributed by atoms with Crippen molar-refractivity contribution in [2.75, 3.05) is 6.61 Å². The molecule has 0 saturated carbocycles. The number of hydrogen-bond acceptors (Lipinski definition) is 2. The van der Waals surface area contributed by atoms with Crippen LogP contribution in [0.25, 0.3) is 0 Å². The van der Waals surface area contributed by atoms with Gasteiger partial charge in [0.25, 0.3) is 0 Å². The van der Waals surface area contributed by atoms with Gasteiger partial charge < -0.3 is 4.74 Å². The van der Waals surface area contributed by atoms with Gasteiger partial charge in [-0.25, -0.2) is 4.79 Å². The molecule has 0 aromatic heterocycles. The van der Waals surface area contributed by atoms with Crippen molar-refractivity contribution in [2.45, 2.75) is 60.8 Å². The number of allylic oxidation sites excluding steroid dienone is 9. The van der Waals surface area contributed by atoms with Crippen molar-refractivity contribution in [1.82, 2.24) is 0 Å². The fraction of sp³-hybridized carbons (Fsp3) is 0.500. The summed E-state index contributed by atoms with van der Waals surface area (Å²) in [5, 5.41) is 0. The zero-order valence-corrected chi connectivity index (χ0v) is 16.1. The smallest absolute Gasteiger partial charge is 0.330 e. The quantitative estimate of drug-likeness (QED) is 0.335. The van der Waals surface area contributed by atoms with E-state index in [-0.39, 0.29) is 5.97 Å². The van der Waals surface area contributed by atoms with Gasteiger partial charge in [-0.05, 0) is 63.5 Å². The number of carbonyl (C=O) groups excluding carboxylic acids is 1. The maximum atomic E-state index is 11.3. The Hall–Kier alpha value is -1.83. The first-order chi connectivity index (χ1) is 11.3. The number of carbonyl (C=O) groups is 1. The van der Waals surface area contributed by atoms with E-state index in [1.165, 1.54) is 42.1 Å². The lowest BCUT2D eigenvalue weighted by molar-refractivity contribution is -0.137. The van der Waals surface area contributed by atoms with Gasteiger partial charge in [-0.15, -0.1) is 0 Å². The molecule has 24 heavy (non-hydrogen) atoms. The SMILES string of the molecule is CCOC(=O)\C=C(C)/C=C/C=C(C)/C=C/C1=C(C)C(C)(C)CCC1. The summed E-state index contributed by atoms with van der Waals surface area (Å²) < 4.78 is 4.89. The Balaban J connectivity index is 2.70. The van der Waals surface area contributed by atoms with Crippen molar-refractivity contribution in [2.24, 2.45) is 5.41 Å². The molecule has 132 valence electrons. The largest absolute Gasteiger partial charge is 0.463 e. The zero-order valence-electron chi connectivity index (χ0n) is 16.1. The van der Waals surface area contributed by atoms with Crippen LogP contribution in [0, 0.1) is 5.41 Å². The Morgan fingerprint density at radius 3 is 2.58 bits per heavy atom. The molecule has 0 N–H and O–H groups in total. The highest BCUT2D eigenvalue weighted by Gasteiger charge is 2.25. The van der Waals surface area contributed by atoms with Crippen molar-refractivity contribution >= 4 is 5.97 Å². The summed E-state index contributed by atoms with van der Waals surface area (Å²) >= 11 is 0. The average molecular weight is 328 g/mol. The summed E-state index contributed by atoms with van der Waals surface area (Å²) in [4.78, 5) is 11.3. The second-order valence-electron chi connectivity index (χ2n) is 7.13. The Kier molecular flexibility index (Phi) is 7.97. The highest BCUT2D eigenvalue weighted by molar-refractivity contribution is 5.83. The molecule has 0 fully saturated rings. The van der Waals surface area contributed by atoms with Gasteiger partial charge in [0.15, 0.2) is 0 Å². The summed E-state index contributed by atoms with van der Waals surface area (Å²) in [6.07, 6.45) is 15.6.